The van der Waals surface area contributed by atoms with Gasteiger partial charge in [0.15, 0.2) is 0 Å². The Balaban J connectivity index is 2.19. The second-order valence-corrected chi connectivity index (χ2v) is 4.90. The summed E-state index contributed by atoms with van der Waals surface area (Å²) >= 11 is 0. The van der Waals surface area contributed by atoms with Gasteiger partial charge in [0.05, 0.1) is 0 Å². The van der Waals surface area contributed by atoms with E-state index in [4.69, 9.17) is 10.5 Å². The molecule has 0 aromatic carbocycles. The van der Waals surface area contributed by atoms with Crippen LogP contribution in [0.15, 0.2) is 0 Å². The molecule has 0 aliphatic heterocycles. The fourth-order valence-electron chi connectivity index (χ4n) is 2.61. The van der Waals surface area contributed by atoms with Crippen molar-refractivity contribution in [3.05, 3.63) is 0 Å². The molecular weight excluding hydrogens is 186 g/mol. The van der Waals surface area contributed by atoms with Crippen LogP contribution in [0.3, 0.4) is 0 Å². The van der Waals surface area contributed by atoms with Crippen LogP contribution in [0.25, 0.3) is 0 Å². The van der Waals surface area contributed by atoms with Gasteiger partial charge in [0.25, 0.3) is 0 Å². The lowest BCUT2D eigenvalue weighted by Crippen LogP contribution is -2.30. The molecule has 90 valence electrons. The monoisotopic (exact) mass is 213 g/mol. The first-order valence-electron chi connectivity index (χ1n) is 6.59. The Hall–Kier alpha value is -0.0800. The Labute approximate surface area is 94.6 Å². The zero-order chi connectivity index (χ0) is 10.9. The highest BCUT2D eigenvalue weighted by Gasteiger charge is 2.18. The summed E-state index contributed by atoms with van der Waals surface area (Å²) in [6, 6.07) is 0.415. The zero-order valence-electron chi connectivity index (χ0n) is 10.2. The van der Waals surface area contributed by atoms with Gasteiger partial charge in [-0.05, 0) is 31.6 Å². The highest BCUT2D eigenvalue weighted by Crippen LogP contribution is 2.25. The van der Waals surface area contributed by atoms with Crippen LogP contribution >= 0.6 is 0 Å². The Kier molecular flexibility index (Phi) is 7.03. The smallest absolute Gasteiger partial charge is 0.0462 e. The minimum Gasteiger partial charge on any atom is -0.385 e. The first-order chi connectivity index (χ1) is 7.34. The lowest BCUT2D eigenvalue weighted by molar-refractivity contribution is 0.184. The molecule has 2 nitrogen and oxygen atoms in total. The van der Waals surface area contributed by atoms with E-state index in [0.717, 1.165) is 25.4 Å². The van der Waals surface area contributed by atoms with Gasteiger partial charge in [-0.15, -0.1) is 0 Å². The number of hydrogen-bond acceptors (Lipinski definition) is 2. The summed E-state index contributed by atoms with van der Waals surface area (Å²) in [6.45, 7) is 0.862. The first-order valence-corrected chi connectivity index (χ1v) is 6.59. The third kappa shape index (κ3) is 5.53. The number of nitrogens with two attached hydrogens (primary N) is 1. The second kappa shape index (κ2) is 8.12. The first kappa shape index (κ1) is 13.0. The Bertz CT molecular complexity index is 141. The molecule has 1 rings (SSSR count). The van der Waals surface area contributed by atoms with E-state index in [-0.39, 0.29) is 0 Å². The molecular formula is C13H27NO. The molecule has 15 heavy (non-hydrogen) atoms. The van der Waals surface area contributed by atoms with Crippen LogP contribution in [0, 0.1) is 5.92 Å². The molecule has 1 unspecified atom stereocenters. The molecule has 1 aliphatic rings. The van der Waals surface area contributed by atoms with E-state index in [0.29, 0.717) is 6.04 Å². The van der Waals surface area contributed by atoms with Gasteiger partial charge in [0, 0.05) is 19.8 Å². The summed E-state index contributed by atoms with van der Waals surface area (Å²) < 4.78 is 5.07. The van der Waals surface area contributed by atoms with Crippen molar-refractivity contribution in [2.75, 3.05) is 13.7 Å². The Morgan fingerprint density at radius 3 is 2.33 bits per heavy atom. The van der Waals surface area contributed by atoms with Gasteiger partial charge in [-0.1, -0.05) is 32.1 Å². The highest BCUT2D eigenvalue weighted by molar-refractivity contribution is 4.74. The number of ether oxygens (including phenoxy) is 1. The molecule has 1 atom stereocenters. The minimum absolute atomic E-state index is 0.415. The van der Waals surface area contributed by atoms with Crippen molar-refractivity contribution < 1.29 is 4.74 Å². The van der Waals surface area contributed by atoms with E-state index in [1.807, 2.05) is 0 Å². The van der Waals surface area contributed by atoms with Crippen molar-refractivity contribution in [1.29, 1.82) is 0 Å². The van der Waals surface area contributed by atoms with Crippen LogP contribution < -0.4 is 5.73 Å². The SMILES string of the molecule is COCCCC(N)C1CCCCCCC1. The average molecular weight is 213 g/mol. The van der Waals surface area contributed by atoms with Gasteiger partial charge < -0.3 is 10.5 Å². The maximum absolute atomic E-state index is 6.25. The van der Waals surface area contributed by atoms with E-state index >= 15 is 0 Å². The number of methoxy groups -OCH3 is 1. The zero-order valence-corrected chi connectivity index (χ0v) is 10.2. The fourth-order valence-corrected chi connectivity index (χ4v) is 2.61. The highest BCUT2D eigenvalue weighted by atomic mass is 16.5. The summed E-state index contributed by atoms with van der Waals surface area (Å²) in [7, 11) is 1.77. The minimum atomic E-state index is 0.415. The van der Waals surface area contributed by atoms with Crippen molar-refractivity contribution in [2.24, 2.45) is 11.7 Å². The molecule has 1 aliphatic carbocycles. The molecule has 0 saturated heterocycles. The molecule has 2 N–H and O–H groups in total. The lowest BCUT2D eigenvalue weighted by Gasteiger charge is -2.25. The van der Waals surface area contributed by atoms with Crippen LogP contribution in [0.5, 0.6) is 0 Å². The molecule has 1 fully saturated rings. The second-order valence-electron chi connectivity index (χ2n) is 4.90. The van der Waals surface area contributed by atoms with Crippen molar-refractivity contribution in [2.45, 2.75) is 63.8 Å². The van der Waals surface area contributed by atoms with Crippen LogP contribution in [0.4, 0.5) is 0 Å². The summed E-state index contributed by atoms with van der Waals surface area (Å²) in [4.78, 5) is 0. The summed E-state index contributed by atoms with van der Waals surface area (Å²) in [5, 5.41) is 0. The largest absolute Gasteiger partial charge is 0.385 e. The van der Waals surface area contributed by atoms with E-state index in [1.54, 1.807) is 7.11 Å². The van der Waals surface area contributed by atoms with Gasteiger partial charge >= 0.3 is 0 Å². The molecule has 0 bridgehead atoms. The van der Waals surface area contributed by atoms with E-state index in [1.165, 1.54) is 44.9 Å². The van der Waals surface area contributed by atoms with Crippen LogP contribution in [0.1, 0.15) is 57.8 Å². The fraction of sp³-hybridized carbons (Fsp3) is 1.00. The van der Waals surface area contributed by atoms with E-state index < -0.39 is 0 Å². The molecule has 0 heterocycles. The third-order valence-electron chi connectivity index (χ3n) is 3.64. The predicted octanol–water partition coefficient (Wildman–Crippen LogP) is 3.10. The summed E-state index contributed by atoms with van der Waals surface area (Å²) in [5.74, 6) is 0.780. The van der Waals surface area contributed by atoms with Gasteiger partial charge in [0.2, 0.25) is 0 Å². The summed E-state index contributed by atoms with van der Waals surface area (Å²) in [5.41, 5.74) is 6.25. The van der Waals surface area contributed by atoms with Crippen LogP contribution in [-0.4, -0.2) is 19.8 Å². The van der Waals surface area contributed by atoms with Crippen molar-refractivity contribution in [3.8, 4) is 0 Å². The Morgan fingerprint density at radius 1 is 1.13 bits per heavy atom. The normalized spacial score (nSPS) is 22.0. The van der Waals surface area contributed by atoms with E-state index in [9.17, 15) is 0 Å². The molecule has 0 radical (unpaired) electrons. The van der Waals surface area contributed by atoms with Crippen LogP contribution in [0.2, 0.25) is 0 Å². The maximum Gasteiger partial charge on any atom is 0.0462 e. The lowest BCUT2D eigenvalue weighted by atomic mass is 9.84. The van der Waals surface area contributed by atoms with E-state index in [2.05, 4.69) is 0 Å². The number of hydrogen-bond donors (Lipinski definition) is 1. The summed E-state index contributed by atoms with van der Waals surface area (Å²) in [6.07, 6.45) is 12.0. The van der Waals surface area contributed by atoms with Gasteiger partial charge in [-0.3, -0.25) is 0 Å². The van der Waals surface area contributed by atoms with Crippen molar-refractivity contribution in [1.82, 2.24) is 0 Å². The quantitative estimate of drug-likeness (QED) is 0.712. The average Bonchev–Trinajstić information content (AvgIpc) is 2.17. The molecule has 0 aromatic rings. The van der Waals surface area contributed by atoms with Gasteiger partial charge in [0.1, 0.15) is 0 Å². The van der Waals surface area contributed by atoms with Crippen LogP contribution in [-0.2, 0) is 4.74 Å². The molecule has 0 amide bonds. The van der Waals surface area contributed by atoms with Crippen molar-refractivity contribution >= 4 is 0 Å². The predicted molar refractivity (Wildman–Crippen MR) is 64.9 cm³/mol. The third-order valence-corrected chi connectivity index (χ3v) is 3.64. The molecule has 2 heteroatoms. The molecule has 0 spiro atoms. The topological polar surface area (TPSA) is 35.2 Å². The number of rotatable bonds is 5. The van der Waals surface area contributed by atoms with Gasteiger partial charge in [-0.25, -0.2) is 0 Å². The standard InChI is InChI=1S/C13H27NO/c1-15-11-7-10-13(14)12-8-5-3-2-4-6-9-12/h12-13H,2-11,14H2,1H3. The maximum atomic E-state index is 6.25. The van der Waals surface area contributed by atoms with Gasteiger partial charge in [-0.2, -0.15) is 0 Å². The molecule has 1 saturated carbocycles. The Morgan fingerprint density at radius 2 is 1.73 bits per heavy atom. The molecule has 0 aromatic heterocycles. The van der Waals surface area contributed by atoms with Crippen molar-refractivity contribution in [3.63, 3.8) is 0 Å².